The minimum absolute atomic E-state index is 0. The Kier molecular flexibility index (Phi) is 14.5. The Labute approximate surface area is 188 Å². The Morgan fingerprint density at radius 1 is 1.11 bits per heavy atom. The fourth-order valence-corrected chi connectivity index (χ4v) is 3.65. The number of guanidine groups is 1. The van der Waals surface area contributed by atoms with E-state index in [4.69, 9.17) is 14.2 Å². The largest absolute Gasteiger partial charge is 0.381 e. The van der Waals surface area contributed by atoms with E-state index >= 15 is 0 Å². The van der Waals surface area contributed by atoms with E-state index < -0.39 is 0 Å². The molecule has 2 N–H and O–H groups in total. The predicted molar refractivity (Wildman–Crippen MR) is 125 cm³/mol. The van der Waals surface area contributed by atoms with E-state index in [-0.39, 0.29) is 24.0 Å². The molecule has 2 rings (SSSR count). The van der Waals surface area contributed by atoms with Crippen LogP contribution in [-0.4, -0.2) is 89.3 Å². The Balaban J connectivity index is 0.00000392. The van der Waals surface area contributed by atoms with Crippen LogP contribution in [0.3, 0.4) is 0 Å². The summed E-state index contributed by atoms with van der Waals surface area (Å²) in [6, 6.07) is 0.518. The normalized spacial score (nSPS) is 20.6. The summed E-state index contributed by atoms with van der Waals surface area (Å²) in [5.74, 6) is 1.56. The maximum absolute atomic E-state index is 5.92. The molecule has 2 heterocycles. The van der Waals surface area contributed by atoms with E-state index in [2.05, 4.69) is 34.4 Å². The fourth-order valence-electron chi connectivity index (χ4n) is 3.65. The maximum Gasteiger partial charge on any atom is 0.191 e. The van der Waals surface area contributed by atoms with Gasteiger partial charge in [0.25, 0.3) is 0 Å². The zero-order chi connectivity index (χ0) is 19.3. The van der Waals surface area contributed by atoms with Crippen LogP contribution in [0.2, 0.25) is 0 Å². The number of aliphatic imine (C=N–C) groups is 1. The van der Waals surface area contributed by atoms with Crippen LogP contribution >= 0.6 is 24.0 Å². The highest BCUT2D eigenvalue weighted by Gasteiger charge is 2.22. The summed E-state index contributed by atoms with van der Waals surface area (Å²) in [5.41, 5.74) is 0. The van der Waals surface area contributed by atoms with Gasteiger partial charge >= 0.3 is 0 Å². The van der Waals surface area contributed by atoms with Crippen molar-refractivity contribution in [1.29, 1.82) is 0 Å². The molecule has 2 aliphatic heterocycles. The molecule has 1 atom stereocenters. The second kappa shape index (κ2) is 15.6. The molecule has 2 fully saturated rings. The molecule has 2 saturated heterocycles. The first-order chi connectivity index (χ1) is 13.2. The molecule has 0 aliphatic carbocycles. The van der Waals surface area contributed by atoms with Gasteiger partial charge in [-0.25, -0.2) is 0 Å². The van der Waals surface area contributed by atoms with Gasteiger partial charge in [-0.1, -0.05) is 13.8 Å². The minimum atomic E-state index is 0. The Bertz CT molecular complexity index is 414. The summed E-state index contributed by atoms with van der Waals surface area (Å²) in [7, 11) is 1.83. The van der Waals surface area contributed by atoms with E-state index in [0.717, 1.165) is 84.4 Å². The van der Waals surface area contributed by atoms with E-state index in [1.807, 2.05) is 7.05 Å². The van der Waals surface area contributed by atoms with E-state index in [1.54, 1.807) is 0 Å². The highest BCUT2D eigenvalue weighted by molar-refractivity contribution is 14.0. The van der Waals surface area contributed by atoms with Crippen molar-refractivity contribution in [3.8, 4) is 0 Å². The molecule has 166 valence electrons. The lowest BCUT2D eigenvalue weighted by Gasteiger charge is -2.35. The number of morpholine rings is 1. The molecule has 0 saturated carbocycles. The number of rotatable bonds is 10. The van der Waals surface area contributed by atoms with Gasteiger partial charge < -0.3 is 24.8 Å². The molecule has 28 heavy (non-hydrogen) atoms. The number of ether oxygens (including phenoxy) is 3. The van der Waals surface area contributed by atoms with Crippen molar-refractivity contribution in [3.05, 3.63) is 0 Å². The monoisotopic (exact) mass is 512 g/mol. The smallest absolute Gasteiger partial charge is 0.191 e. The van der Waals surface area contributed by atoms with Gasteiger partial charge in [0.1, 0.15) is 0 Å². The van der Waals surface area contributed by atoms with Crippen molar-refractivity contribution < 1.29 is 14.2 Å². The molecule has 2 aliphatic rings. The highest BCUT2D eigenvalue weighted by atomic mass is 127. The summed E-state index contributed by atoms with van der Waals surface area (Å²) in [6.07, 6.45) is 4.59. The SMILES string of the molecule is CN=C(NCCCOC1CCOCC1)NCC(CC(C)C)N1CCOCC1.I. The Morgan fingerprint density at radius 2 is 1.79 bits per heavy atom. The van der Waals surface area contributed by atoms with Gasteiger partial charge in [0, 0.05) is 59.1 Å². The molecule has 0 amide bonds. The highest BCUT2D eigenvalue weighted by Crippen LogP contribution is 2.13. The molecule has 0 aromatic carbocycles. The zero-order valence-electron chi connectivity index (χ0n) is 18.0. The van der Waals surface area contributed by atoms with Gasteiger partial charge in [-0.3, -0.25) is 9.89 Å². The van der Waals surface area contributed by atoms with Crippen LogP contribution in [0.4, 0.5) is 0 Å². The van der Waals surface area contributed by atoms with Crippen LogP contribution in [0.1, 0.15) is 39.5 Å². The van der Waals surface area contributed by atoms with Crippen LogP contribution in [0.15, 0.2) is 4.99 Å². The lowest BCUT2D eigenvalue weighted by Crippen LogP contribution is -2.51. The third-order valence-electron chi connectivity index (χ3n) is 5.17. The predicted octanol–water partition coefficient (Wildman–Crippen LogP) is 2.10. The Morgan fingerprint density at radius 3 is 2.43 bits per heavy atom. The number of halogens is 1. The minimum Gasteiger partial charge on any atom is -0.381 e. The van der Waals surface area contributed by atoms with E-state index in [1.165, 1.54) is 6.42 Å². The molecule has 8 heteroatoms. The molecule has 0 radical (unpaired) electrons. The van der Waals surface area contributed by atoms with Gasteiger partial charge in [0.05, 0.1) is 19.3 Å². The number of hydrogen-bond donors (Lipinski definition) is 2. The van der Waals surface area contributed by atoms with Gasteiger partial charge in [-0.15, -0.1) is 24.0 Å². The van der Waals surface area contributed by atoms with Crippen molar-refractivity contribution >= 4 is 29.9 Å². The number of hydrogen-bond acceptors (Lipinski definition) is 5. The van der Waals surface area contributed by atoms with E-state index in [0.29, 0.717) is 18.1 Å². The lowest BCUT2D eigenvalue weighted by molar-refractivity contribution is -0.0320. The number of nitrogens with one attached hydrogen (secondary N) is 2. The average molecular weight is 512 g/mol. The van der Waals surface area contributed by atoms with Crippen LogP contribution in [0.5, 0.6) is 0 Å². The lowest BCUT2D eigenvalue weighted by atomic mass is 10.0. The molecule has 0 bridgehead atoms. The molecule has 0 spiro atoms. The van der Waals surface area contributed by atoms with E-state index in [9.17, 15) is 0 Å². The van der Waals surface area contributed by atoms with Gasteiger partial charge in [0.2, 0.25) is 0 Å². The molecular weight excluding hydrogens is 471 g/mol. The second-order valence-electron chi connectivity index (χ2n) is 7.85. The first-order valence-corrected chi connectivity index (χ1v) is 10.6. The van der Waals surface area contributed by atoms with Gasteiger partial charge in [0.15, 0.2) is 5.96 Å². The molecule has 1 unspecified atom stereocenters. The van der Waals surface area contributed by atoms with Gasteiger partial charge in [-0.2, -0.15) is 0 Å². The molecule has 0 aromatic rings. The van der Waals surface area contributed by atoms with Crippen LogP contribution < -0.4 is 10.6 Å². The van der Waals surface area contributed by atoms with Crippen LogP contribution in [0, 0.1) is 5.92 Å². The standard InChI is InChI=1S/C20H40N4O3.HI/c1-17(2)15-18(24-8-13-26-14-9-24)16-23-20(21-3)22-7-4-10-27-19-5-11-25-12-6-19;/h17-19H,4-16H2,1-3H3,(H2,21,22,23);1H. The molecule has 7 nitrogen and oxygen atoms in total. The summed E-state index contributed by atoms with van der Waals surface area (Å²) in [5, 5.41) is 6.92. The summed E-state index contributed by atoms with van der Waals surface area (Å²) < 4.78 is 16.8. The van der Waals surface area contributed by atoms with Crippen molar-refractivity contribution in [2.45, 2.75) is 51.7 Å². The quantitative estimate of drug-likeness (QED) is 0.202. The van der Waals surface area contributed by atoms with Crippen molar-refractivity contribution in [1.82, 2.24) is 15.5 Å². The Hall–Kier alpha value is -0.160. The molecule has 0 aromatic heterocycles. The van der Waals surface area contributed by atoms with Crippen molar-refractivity contribution in [2.75, 3.05) is 66.3 Å². The summed E-state index contributed by atoms with van der Waals surface area (Å²) in [6.45, 7) is 12.6. The summed E-state index contributed by atoms with van der Waals surface area (Å²) in [4.78, 5) is 6.91. The first kappa shape index (κ1) is 25.9. The first-order valence-electron chi connectivity index (χ1n) is 10.6. The average Bonchev–Trinajstić information content (AvgIpc) is 2.70. The zero-order valence-corrected chi connectivity index (χ0v) is 20.3. The summed E-state index contributed by atoms with van der Waals surface area (Å²) >= 11 is 0. The van der Waals surface area contributed by atoms with Crippen LogP contribution in [-0.2, 0) is 14.2 Å². The number of nitrogens with zero attached hydrogens (tertiary/aromatic N) is 2. The fraction of sp³-hybridized carbons (Fsp3) is 0.950. The van der Waals surface area contributed by atoms with Gasteiger partial charge in [-0.05, 0) is 31.6 Å². The molecular formula is C20H41IN4O3. The third-order valence-corrected chi connectivity index (χ3v) is 5.17. The third kappa shape index (κ3) is 10.6. The van der Waals surface area contributed by atoms with Crippen molar-refractivity contribution in [3.63, 3.8) is 0 Å². The second-order valence-corrected chi connectivity index (χ2v) is 7.85. The van der Waals surface area contributed by atoms with Crippen molar-refractivity contribution in [2.24, 2.45) is 10.9 Å². The topological polar surface area (TPSA) is 67.4 Å². The maximum atomic E-state index is 5.92. The van der Waals surface area contributed by atoms with Crippen LogP contribution in [0.25, 0.3) is 0 Å².